The zero-order chi connectivity index (χ0) is 37.1. The predicted molar refractivity (Wildman–Crippen MR) is 185 cm³/mol. The summed E-state index contributed by atoms with van der Waals surface area (Å²) in [6.45, 7) is 10.4. The SMILES string of the molecule is CCC(C)C(NC(=O)C(Cc1ccc(O)cc1)NC(=O)C(N)C(C)C)C(=O)NC(Cc1cnc[nH]1)C(=O)N1CCCC1C(=O)NC(C)C(C)=O. The molecule has 274 valence electrons. The molecule has 0 spiro atoms. The number of phenols is 1. The van der Waals surface area contributed by atoms with Gasteiger partial charge in [0.05, 0.1) is 18.4 Å². The van der Waals surface area contributed by atoms with Gasteiger partial charge in [0.2, 0.25) is 29.5 Å². The van der Waals surface area contributed by atoms with Gasteiger partial charge >= 0.3 is 0 Å². The maximum absolute atomic E-state index is 14.1. The van der Waals surface area contributed by atoms with Crippen molar-refractivity contribution in [1.29, 1.82) is 0 Å². The van der Waals surface area contributed by atoms with Crippen LogP contribution in [0.15, 0.2) is 36.8 Å². The van der Waals surface area contributed by atoms with Crippen LogP contribution in [0, 0.1) is 11.8 Å². The molecule has 0 saturated carbocycles. The maximum Gasteiger partial charge on any atom is 0.246 e. The summed E-state index contributed by atoms with van der Waals surface area (Å²) >= 11 is 0. The van der Waals surface area contributed by atoms with Crippen LogP contribution >= 0.6 is 0 Å². The number of rotatable bonds is 17. The molecule has 0 bridgehead atoms. The largest absolute Gasteiger partial charge is 0.508 e. The van der Waals surface area contributed by atoms with Crippen molar-refractivity contribution in [3.8, 4) is 5.75 Å². The minimum atomic E-state index is -1.12. The monoisotopic (exact) mass is 696 g/mol. The number of phenolic OH excluding ortho intramolecular Hbond substituents is 1. The van der Waals surface area contributed by atoms with Gasteiger partial charge in [-0.3, -0.25) is 28.8 Å². The standard InChI is InChI=1S/C35H52N8O7/c1-7-20(4)30(42-31(46)26(40-33(48)29(36)19(2)3)15-23-10-12-25(45)13-11-23)34(49)41-27(16-24-17-37-18-38-24)35(50)43-14-8-9-28(43)32(47)39-21(5)22(6)44/h10-13,17-21,26-30,45H,7-9,14-16,36H2,1-6H3,(H,37,38)(H,39,47)(H,40,48)(H,41,49)(H,42,46). The number of likely N-dealkylation sites (tertiary alicyclic amines) is 1. The van der Waals surface area contributed by atoms with Crippen molar-refractivity contribution in [2.45, 2.75) is 110 Å². The third-order valence-corrected chi connectivity index (χ3v) is 9.22. The van der Waals surface area contributed by atoms with E-state index in [2.05, 4.69) is 31.2 Å². The number of aromatic amines is 1. The number of hydrogen-bond acceptors (Lipinski definition) is 9. The molecular weight excluding hydrogens is 644 g/mol. The number of aromatic hydroxyl groups is 1. The van der Waals surface area contributed by atoms with Crippen molar-refractivity contribution in [2.24, 2.45) is 17.6 Å². The molecule has 5 amide bonds. The number of imidazole rings is 1. The van der Waals surface area contributed by atoms with E-state index in [4.69, 9.17) is 5.73 Å². The first-order valence-corrected chi connectivity index (χ1v) is 17.2. The lowest BCUT2D eigenvalue weighted by Gasteiger charge is -2.31. The van der Waals surface area contributed by atoms with Crippen LogP contribution in [0.25, 0.3) is 0 Å². The molecule has 2 heterocycles. The molecule has 1 fully saturated rings. The Balaban J connectivity index is 1.86. The van der Waals surface area contributed by atoms with E-state index in [0.29, 0.717) is 30.5 Å². The topological polar surface area (TPSA) is 229 Å². The second-order valence-electron chi connectivity index (χ2n) is 13.4. The number of nitrogens with two attached hydrogens (primary N) is 1. The molecule has 0 radical (unpaired) electrons. The molecule has 8 N–H and O–H groups in total. The molecule has 2 aromatic rings. The first-order chi connectivity index (χ1) is 23.6. The number of hydrogen-bond donors (Lipinski definition) is 7. The Morgan fingerprint density at radius 3 is 2.18 bits per heavy atom. The smallest absolute Gasteiger partial charge is 0.246 e. The summed E-state index contributed by atoms with van der Waals surface area (Å²) in [6.07, 6.45) is 4.52. The van der Waals surface area contributed by atoms with E-state index in [0.717, 1.165) is 0 Å². The first-order valence-electron chi connectivity index (χ1n) is 17.2. The number of carbonyl (C=O) groups is 6. The minimum Gasteiger partial charge on any atom is -0.508 e. The van der Waals surface area contributed by atoms with Crippen molar-refractivity contribution in [1.82, 2.24) is 36.1 Å². The van der Waals surface area contributed by atoms with E-state index in [1.165, 1.54) is 36.5 Å². The van der Waals surface area contributed by atoms with Crippen molar-refractivity contribution >= 4 is 35.3 Å². The van der Waals surface area contributed by atoms with Crippen LogP contribution in [-0.2, 0) is 41.6 Å². The summed E-state index contributed by atoms with van der Waals surface area (Å²) in [5, 5.41) is 20.8. The average Bonchev–Trinajstić information content (AvgIpc) is 3.79. The predicted octanol–water partition coefficient (Wildman–Crippen LogP) is 0.469. The van der Waals surface area contributed by atoms with Gasteiger partial charge in [-0.25, -0.2) is 4.98 Å². The number of nitrogens with one attached hydrogen (secondary N) is 5. The lowest BCUT2D eigenvalue weighted by molar-refractivity contribution is -0.142. The third kappa shape index (κ3) is 10.9. The highest BCUT2D eigenvalue weighted by atomic mass is 16.3. The van der Waals surface area contributed by atoms with Crippen molar-refractivity contribution in [3.63, 3.8) is 0 Å². The van der Waals surface area contributed by atoms with E-state index in [1.807, 2.05) is 6.92 Å². The van der Waals surface area contributed by atoms with E-state index in [9.17, 15) is 33.9 Å². The highest BCUT2D eigenvalue weighted by Gasteiger charge is 2.40. The normalized spacial score (nSPS) is 17.9. The molecule has 1 saturated heterocycles. The average molecular weight is 697 g/mol. The fourth-order valence-corrected chi connectivity index (χ4v) is 5.60. The number of amides is 5. The minimum absolute atomic E-state index is 0.0348. The summed E-state index contributed by atoms with van der Waals surface area (Å²) < 4.78 is 0. The Labute approximate surface area is 292 Å². The Bertz CT molecular complexity index is 1480. The lowest BCUT2D eigenvalue weighted by Crippen LogP contribution is -2.61. The molecule has 3 rings (SSSR count). The quantitative estimate of drug-likeness (QED) is 0.122. The molecule has 1 aromatic heterocycles. The number of carbonyl (C=O) groups excluding carboxylic acids is 6. The van der Waals surface area contributed by atoms with Crippen molar-refractivity contribution in [2.75, 3.05) is 6.54 Å². The molecule has 1 aliphatic rings. The summed E-state index contributed by atoms with van der Waals surface area (Å²) in [4.78, 5) is 88.2. The fraction of sp³-hybridized carbons (Fsp3) is 0.571. The number of Topliss-reactive ketones (excluding diaryl/α,β-unsaturated/α-hetero) is 1. The Kier molecular flexibility index (Phi) is 14.5. The molecule has 50 heavy (non-hydrogen) atoms. The molecule has 7 atom stereocenters. The van der Waals surface area contributed by atoms with E-state index in [-0.39, 0.29) is 42.8 Å². The lowest BCUT2D eigenvalue weighted by atomic mass is 9.96. The van der Waals surface area contributed by atoms with Crippen molar-refractivity contribution in [3.05, 3.63) is 48.0 Å². The molecule has 15 nitrogen and oxygen atoms in total. The summed E-state index contributed by atoms with van der Waals surface area (Å²) in [5.74, 6) is -3.49. The molecule has 15 heteroatoms. The van der Waals surface area contributed by atoms with Crippen LogP contribution in [0.2, 0.25) is 0 Å². The van der Waals surface area contributed by atoms with Gasteiger partial charge in [-0.05, 0) is 56.2 Å². The Hall–Kier alpha value is -4.79. The van der Waals surface area contributed by atoms with Gasteiger partial charge in [-0.15, -0.1) is 0 Å². The zero-order valence-electron chi connectivity index (χ0n) is 29.7. The zero-order valence-corrected chi connectivity index (χ0v) is 29.7. The van der Waals surface area contributed by atoms with Crippen LogP contribution in [-0.4, -0.2) is 98.1 Å². The fourth-order valence-electron chi connectivity index (χ4n) is 5.60. The van der Waals surface area contributed by atoms with Gasteiger partial charge in [0.25, 0.3) is 0 Å². The highest BCUT2D eigenvalue weighted by molar-refractivity contribution is 5.97. The summed E-state index contributed by atoms with van der Waals surface area (Å²) in [5.41, 5.74) is 7.29. The Morgan fingerprint density at radius 1 is 0.940 bits per heavy atom. The molecule has 1 aromatic carbocycles. The first kappa shape index (κ1) is 39.6. The maximum atomic E-state index is 14.1. The number of H-pyrrole nitrogens is 1. The molecule has 7 unspecified atom stereocenters. The van der Waals surface area contributed by atoms with E-state index < -0.39 is 65.8 Å². The number of nitrogens with zero attached hydrogens (tertiary/aromatic N) is 2. The second kappa shape index (κ2) is 18.3. The van der Waals surface area contributed by atoms with Gasteiger partial charge < -0.3 is 42.0 Å². The van der Waals surface area contributed by atoms with Crippen LogP contribution in [0.4, 0.5) is 0 Å². The molecule has 0 aliphatic carbocycles. The third-order valence-electron chi connectivity index (χ3n) is 9.22. The number of aromatic nitrogens is 2. The van der Waals surface area contributed by atoms with Crippen LogP contribution < -0.4 is 27.0 Å². The molecular formula is C35H52N8O7. The van der Waals surface area contributed by atoms with Gasteiger partial charge in [0.1, 0.15) is 29.9 Å². The van der Waals surface area contributed by atoms with Gasteiger partial charge in [-0.2, -0.15) is 0 Å². The number of ketones is 1. The van der Waals surface area contributed by atoms with Crippen LogP contribution in [0.3, 0.4) is 0 Å². The number of benzene rings is 1. The van der Waals surface area contributed by atoms with E-state index in [1.54, 1.807) is 39.8 Å². The van der Waals surface area contributed by atoms with Gasteiger partial charge in [0.15, 0.2) is 5.78 Å². The Morgan fingerprint density at radius 2 is 1.60 bits per heavy atom. The molecule has 1 aliphatic heterocycles. The van der Waals surface area contributed by atoms with Crippen LogP contribution in [0.5, 0.6) is 5.75 Å². The van der Waals surface area contributed by atoms with E-state index >= 15 is 0 Å². The van der Waals surface area contributed by atoms with Gasteiger partial charge in [0, 0.05) is 31.3 Å². The summed E-state index contributed by atoms with van der Waals surface area (Å²) in [7, 11) is 0. The second-order valence-corrected chi connectivity index (χ2v) is 13.4. The van der Waals surface area contributed by atoms with Crippen LogP contribution in [0.1, 0.15) is 72.1 Å². The highest BCUT2D eigenvalue weighted by Crippen LogP contribution is 2.21. The van der Waals surface area contributed by atoms with Crippen molar-refractivity contribution < 1.29 is 33.9 Å². The summed E-state index contributed by atoms with van der Waals surface area (Å²) in [6, 6.07) is 0.435. The van der Waals surface area contributed by atoms with Gasteiger partial charge in [-0.1, -0.05) is 46.2 Å².